The van der Waals surface area contributed by atoms with E-state index in [0.29, 0.717) is 23.9 Å². The molecule has 0 rings (SSSR count). The summed E-state index contributed by atoms with van der Waals surface area (Å²) in [5, 5.41) is 19.3. The molecule has 7 nitrogen and oxygen atoms in total. The van der Waals surface area contributed by atoms with E-state index in [1.54, 1.807) is 6.08 Å². The Kier molecular flexibility index (Phi) is 13.4. The smallest absolute Gasteiger partial charge is 0.307 e. The molecular formula is C21H33NO6. The number of ether oxygens (including phenoxy) is 1. The number of rotatable bonds is 15. The summed E-state index contributed by atoms with van der Waals surface area (Å²) in [6, 6.07) is 0. The number of carbonyl (C=O) groups is 3. The highest BCUT2D eigenvalue weighted by atomic mass is 16.5. The van der Waals surface area contributed by atoms with E-state index in [2.05, 4.69) is 0 Å². The van der Waals surface area contributed by atoms with E-state index in [4.69, 9.17) is 9.84 Å². The van der Waals surface area contributed by atoms with Crippen LogP contribution < -0.4 is 5.11 Å². The summed E-state index contributed by atoms with van der Waals surface area (Å²) >= 11 is 0. The number of likely N-dealkylation sites (N-methyl/N-ethyl adjacent to an activating group) is 1. The molecule has 0 aromatic heterocycles. The fraction of sp³-hybridized carbons (Fsp3) is 0.571. The minimum absolute atomic E-state index is 0.0411. The maximum Gasteiger partial charge on any atom is 0.307 e. The summed E-state index contributed by atoms with van der Waals surface area (Å²) in [5.41, 5.74) is 0. The van der Waals surface area contributed by atoms with Gasteiger partial charge in [-0.1, -0.05) is 36.5 Å². The summed E-state index contributed by atoms with van der Waals surface area (Å²) in [4.78, 5) is 33.0. The Morgan fingerprint density at radius 1 is 1.00 bits per heavy atom. The van der Waals surface area contributed by atoms with Crippen molar-refractivity contribution in [1.29, 1.82) is 0 Å². The van der Waals surface area contributed by atoms with Crippen LogP contribution in [0, 0.1) is 0 Å². The third-order valence-corrected chi connectivity index (χ3v) is 3.53. The van der Waals surface area contributed by atoms with Crippen LogP contribution in [0.4, 0.5) is 0 Å². The molecule has 0 spiro atoms. The molecule has 7 heteroatoms. The average molecular weight is 395 g/mol. The number of quaternary nitrogens is 1. The van der Waals surface area contributed by atoms with Gasteiger partial charge in [0.2, 0.25) is 0 Å². The highest BCUT2D eigenvalue weighted by Crippen LogP contribution is 2.08. The molecule has 0 heterocycles. The maximum absolute atomic E-state index is 11.9. The number of unbranched alkanes of at least 4 members (excludes halogenated alkanes) is 1. The van der Waals surface area contributed by atoms with Gasteiger partial charge in [-0.05, 0) is 25.7 Å². The first kappa shape index (κ1) is 25.6. The van der Waals surface area contributed by atoms with Crippen molar-refractivity contribution in [3.63, 3.8) is 0 Å². The quantitative estimate of drug-likeness (QED) is 0.196. The van der Waals surface area contributed by atoms with Crippen LogP contribution in [0.3, 0.4) is 0 Å². The molecule has 1 unspecified atom stereocenters. The highest BCUT2D eigenvalue weighted by Gasteiger charge is 2.22. The number of esters is 1. The van der Waals surface area contributed by atoms with Crippen LogP contribution in [0.1, 0.15) is 44.9 Å². The minimum atomic E-state index is -1.22. The molecule has 0 saturated carbocycles. The number of nitrogens with zero attached hydrogens (tertiary/aromatic N) is 1. The van der Waals surface area contributed by atoms with Crippen molar-refractivity contribution in [3.8, 4) is 0 Å². The maximum atomic E-state index is 11.9. The predicted molar refractivity (Wildman–Crippen MR) is 105 cm³/mol. The number of carbonyl (C=O) groups excluding carboxylic acids is 2. The number of allylic oxidation sites excluding steroid dienone is 5. The van der Waals surface area contributed by atoms with Gasteiger partial charge in [0.15, 0.2) is 6.10 Å². The zero-order valence-electron chi connectivity index (χ0n) is 17.1. The summed E-state index contributed by atoms with van der Waals surface area (Å²) in [6.07, 6.45) is 13.5. The number of carboxylic acids is 2. The van der Waals surface area contributed by atoms with Crippen LogP contribution in [0.15, 0.2) is 36.5 Å². The number of hydrogen-bond donors (Lipinski definition) is 1. The van der Waals surface area contributed by atoms with Gasteiger partial charge < -0.3 is 24.2 Å². The van der Waals surface area contributed by atoms with Gasteiger partial charge in [0, 0.05) is 18.8 Å². The summed E-state index contributed by atoms with van der Waals surface area (Å²) in [6.45, 7) is 0.414. The lowest BCUT2D eigenvalue weighted by atomic mass is 10.2. The van der Waals surface area contributed by atoms with Gasteiger partial charge in [-0.3, -0.25) is 9.59 Å². The van der Waals surface area contributed by atoms with Crippen LogP contribution in [0.25, 0.3) is 0 Å². The summed E-state index contributed by atoms with van der Waals surface area (Å²) in [7, 11) is 5.71. The zero-order valence-corrected chi connectivity index (χ0v) is 17.1. The van der Waals surface area contributed by atoms with Crippen molar-refractivity contribution in [2.75, 3.05) is 27.7 Å². The second-order valence-corrected chi connectivity index (χ2v) is 7.54. The van der Waals surface area contributed by atoms with Gasteiger partial charge in [-0.15, -0.1) is 0 Å². The Morgan fingerprint density at radius 2 is 1.57 bits per heavy atom. The Labute approximate surface area is 167 Å². The molecular weight excluding hydrogens is 362 g/mol. The van der Waals surface area contributed by atoms with Crippen LogP contribution in [-0.4, -0.2) is 61.3 Å². The Balaban J connectivity index is 3.97. The standard InChI is InChI=1S/C21H33NO6/c1-22(2,3)17-18(16-20(25)26)28-21(27)15-13-11-9-7-5-4-6-8-10-12-14-19(23)24/h4,6-7,9-10,12,18H,5,8,11,13-17H2,1-3H3,(H-,23,24,25,26)/b6-4+,9-7+,12-10+. The van der Waals surface area contributed by atoms with Gasteiger partial charge in [0.05, 0.1) is 27.6 Å². The van der Waals surface area contributed by atoms with Crippen LogP contribution >= 0.6 is 0 Å². The minimum Gasteiger partial charge on any atom is -0.550 e. The summed E-state index contributed by atoms with van der Waals surface area (Å²) < 4.78 is 5.79. The average Bonchev–Trinajstić information content (AvgIpc) is 2.53. The van der Waals surface area contributed by atoms with Crippen molar-refractivity contribution in [2.45, 2.75) is 51.0 Å². The third-order valence-electron chi connectivity index (χ3n) is 3.53. The molecule has 0 saturated heterocycles. The monoisotopic (exact) mass is 395 g/mol. The Morgan fingerprint density at radius 3 is 2.11 bits per heavy atom. The Hall–Kier alpha value is -2.41. The largest absolute Gasteiger partial charge is 0.550 e. The molecule has 0 fully saturated rings. The zero-order chi connectivity index (χ0) is 21.4. The van der Waals surface area contributed by atoms with Gasteiger partial charge in [-0.2, -0.15) is 0 Å². The number of carboxylic acid groups (broad SMARTS) is 2. The van der Waals surface area contributed by atoms with E-state index in [9.17, 15) is 19.5 Å². The van der Waals surface area contributed by atoms with Crippen molar-refractivity contribution >= 4 is 17.9 Å². The van der Waals surface area contributed by atoms with E-state index in [1.807, 2.05) is 51.5 Å². The van der Waals surface area contributed by atoms with Crippen molar-refractivity contribution in [2.24, 2.45) is 0 Å². The van der Waals surface area contributed by atoms with Crippen molar-refractivity contribution < 1.29 is 33.8 Å². The fourth-order valence-corrected chi connectivity index (χ4v) is 2.39. The molecule has 0 aliphatic carbocycles. The van der Waals surface area contributed by atoms with Crippen molar-refractivity contribution in [3.05, 3.63) is 36.5 Å². The van der Waals surface area contributed by atoms with E-state index in [1.165, 1.54) is 0 Å². The summed E-state index contributed by atoms with van der Waals surface area (Å²) in [5.74, 6) is -2.45. The molecule has 28 heavy (non-hydrogen) atoms. The first-order valence-electron chi connectivity index (χ1n) is 9.46. The lowest BCUT2D eigenvalue weighted by Crippen LogP contribution is -2.45. The molecule has 0 aliphatic rings. The lowest BCUT2D eigenvalue weighted by Gasteiger charge is -2.29. The molecule has 0 aromatic rings. The first-order chi connectivity index (χ1) is 13.1. The van der Waals surface area contributed by atoms with Crippen LogP contribution in [-0.2, 0) is 19.1 Å². The number of aliphatic carboxylic acids is 2. The van der Waals surface area contributed by atoms with E-state index in [-0.39, 0.29) is 25.2 Å². The van der Waals surface area contributed by atoms with Gasteiger partial charge in [-0.25, -0.2) is 0 Å². The normalized spacial score (nSPS) is 13.4. The fourth-order valence-electron chi connectivity index (χ4n) is 2.39. The first-order valence-corrected chi connectivity index (χ1v) is 9.46. The molecule has 0 radical (unpaired) electrons. The second kappa shape index (κ2) is 14.6. The topological polar surface area (TPSA) is 104 Å². The van der Waals surface area contributed by atoms with Gasteiger partial charge in [0.25, 0.3) is 0 Å². The predicted octanol–water partition coefficient (Wildman–Crippen LogP) is 1.84. The SMILES string of the molecule is C[N+](C)(C)CC(CC(=O)[O-])OC(=O)CCC/C=C/C/C=C/C/C=C/CC(=O)O. The molecule has 0 bridgehead atoms. The molecule has 0 amide bonds. The van der Waals surface area contributed by atoms with E-state index >= 15 is 0 Å². The molecule has 1 N–H and O–H groups in total. The lowest BCUT2D eigenvalue weighted by molar-refractivity contribution is -0.873. The van der Waals surface area contributed by atoms with Crippen molar-refractivity contribution in [1.82, 2.24) is 0 Å². The molecule has 1 atom stereocenters. The van der Waals surface area contributed by atoms with Gasteiger partial charge in [0.1, 0.15) is 6.54 Å². The Bertz CT molecular complexity index is 572. The van der Waals surface area contributed by atoms with E-state index < -0.39 is 18.0 Å². The molecule has 0 aromatic carbocycles. The van der Waals surface area contributed by atoms with Gasteiger partial charge >= 0.3 is 11.9 Å². The highest BCUT2D eigenvalue weighted by molar-refractivity contribution is 5.71. The third kappa shape index (κ3) is 18.4. The van der Waals surface area contributed by atoms with Crippen LogP contribution in [0.2, 0.25) is 0 Å². The second-order valence-electron chi connectivity index (χ2n) is 7.54. The molecule has 0 aliphatic heterocycles. The van der Waals surface area contributed by atoms with Crippen LogP contribution in [0.5, 0.6) is 0 Å². The van der Waals surface area contributed by atoms with E-state index in [0.717, 1.165) is 12.8 Å². The number of hydrogen-bond acceptors (Lipinski definition) is 5. The molecule has 158 valence electrons.